The molecule has 0 unspecified atom stereocenters. The molecule has 29 heavy (non-hydrogen) atoms. The Morgan fingerprint density at radius 1 is 1.10 bits per heavy atom. The van der Waals surface area contributed by atoms with Crippen molar-refractivity contribution in [3.05, 3.63) is 29.8 Å². The predicted octanol–water partition coefficient (Wildman–Crippen LogP) is 5.74. The number of hydrogen-bond acceptors (Lipinski definition) is 3. The van der Waals surface area contributed by atoms with Crippen LogP contribution >= 0.6 is 0 Å². The van der Waals surface area contributed by atoms with Crippen LogP contribution in [0.15, 0.2) is 24.3 Å². The lowest BCUT2D eigenvalue weighted by atomic mass is 9.49. The summed E-state index contributed by atoms with van der Waals surface area (Å²) in [5.74, 6) is 3.95. The van der Waals surface area contributed by atoms with Crippen molar-refractivity contribution >= 4 is 6.09 Å². The lowest BCUT2D eigenvalue weighted by Crippen LogP contribution is -2.46. The van der Waals surface area contributed by atoms with Crippen LogP contribution in [-0.2, 0) is 11.2 Å². The molecule has 0 heterocycles. The monoisotopic (exact) mass is 399 g/mol. The minimum Gasteiger partial charge on any atom is -0.494 e. The average molecular weight is 400 g/mol. The molecule has 0 spiro atoms. The molecular weight excluding hydrogens is 362 g/mol. The number of amides is 1. The van der Waals surface area contributed by atoms with E-state index in [1.807, 2.05) is 32.9 Å². The maximum Gasteiger partial charge on any atom is 0.407 e. The molecular formula is C25H37NO3. The Morgan fingerprint density at radius 2 is 1.76 bits per heavy atom. The highest BCUT2D eigenvalue weighted by Gasteiger charge is 2.50. The Kier molecular flexibility index (Phi) is 5.81. The first-order valence-electron chi connectivity index (χ1n) is 11.5. The number of nitrogens with one attached hydrogen (secondary N) is 1. The standard InChI is InChI=1S/C25H37NO3/c1-24(2,3)29-23(27)26-9-7-18-5-4-6-22(14-18)28-10-8-25-15-19-11-20(16-25)13-21(12-19)17-25/h4-6,14,19-21H,7-13,15-17H2,1-3H3,(H,26,27). The van der Waals surface area contributed by atoms with E-state index in [1.54, 1.807) is 0 Å². The van der Waals surface area contributed by atoms with Gasteiger partial charge in [-0.15, -0.1) is 0 Å². The van der Waals surface area contributed by atoms with Gasteiger partial charge >= 0.3 is 6.09 Å². The van der Waals surface area contributed by atoms with Gasteiger partial charge < -0.3 is 14.8 Å². The van der Waals surface area contributed by atoms with Gasteiger partial charge in [0.1, 0.15) is 11.4 Å². The van der Waals surface area contributed by atoms with Gasteiger partial charge in [0.05, 0.1) is 6.61 Å². The van der Waals surface area contributed by atoms with Gasteiger partial charge in [0.15, 0.2) is 0 Å². The molecule has 4 nitrogen and oxygen atoms in total. The first-order valence-corrected chi connectivity index (χ1v) is 11.5. The summed E-state index contributed by atoms with van der Waals surface area (Å²) < 4.78 is 11.4. The highest BCUT2D eigenvalue weighted by atomic mass is 16.6. The van der Waals surface area contributed by atoms with Crippen LogP contribution < -0.4 is 10.1 Å². The summed E-state index contributed by atoms with van der Waals surface area (Å²) in [6, 6.07) is 8.28. The number of rotatable bonds is 7. The third-order valence-electron chi connectivity index (χ3n) is 7.05. The van der Waals surface area contributed by atoms with Crippen molar-refractivity contribution in [1.82, 2.24) is 5.32 Å². The quantitative estimate of drug-likeness (QED) is 0.636. The summed E-state index contributed by atoms with van der Waals surface area (Å²) in [6.07, 6.45) is 10.4. The normalized spacial score (nSPS) is 30.2. The zero-order chi connectivity index (χ0) is 20.5. The number of benzene rings is 1. The van der Waals surface area contributed by atoms with Crippen molar-refractivity contribution in [2.75, 3.05) is 13.2 Å². The van der Waals surface area contributed by atoms with E-state index in [-0.39, 0.29) is 6.09 Å². The Balaban J connectivity index is 1.22. The smallest absolute Gasteiger partial charge is 0.407 e. The molecule has 4 bridgehead atoms. The van der Waals surface area contributed by atoms with Gasteiger partial charge in [0, 0.05) is 6.54 Å². The zero-order valence-corrected chi connectivity index (χ0v) is 18.3. The topological polar surface area (TPSA) is 47.6 Å². The minimum atomic E-state index is -0.464. The van der Waals surface area contributed by atoms with E-state index >= 15 is 0 Å². The second kappa shape index (κ2) is 8.20. The summed E-state index contributed by atoms with van der Waals surface area (Å²) in [4.78, 5) is 11.8. The van der Waals surface area contributed by atoms with E-state index in [1.165, 1.54) is 50.5 Å². The van der Waals surface area contributed by atoms with E-state index in [2.05, 4.69) is 17.4 Å². The van der Waals surface area contributed by atoms with E-state index in [0.717, 1.165) is 36.5 Å². The first-order chi connectivity index (χ1) is 13.8. The fraction of sp³-hybridized carbons (Fsp3) is 0.720. The maximum absolute atomic E-state index is 11.8. The summed E-state index contributed by atoms with van der Waals surface area (Å²) in [5.41, 5.74) is 1.28. The van der Waals surface area contributed by atoms with Gasteiger partial charge in [-0.3, -0.25) is 0 Å². The molecule has 4 aliphatic rings. The fourth-order valence-electron chi connectivity index (χ4n) is 6.40. The molecule has 1 aromatic carbocycles. The molecule has 4 fully saturated rings. The van der Waals surface area contributed by atoms with Crippen molar-refractivity contribution in [3.8, 4) is 5.75 Å². The van der Waals surface area contributed by atoms with Crippen LogP contribution in [0.4, 0.5) is 4.79 Å². The highest BCUT2D eigenvalue weighted by molar-refractivity contribution is 5.67. The second-order valence-corrected chi connectivity index (χ2v) is 10.8. The van der Waals surface area contributed by atoms with Crippen molar-refractivity contribution in [2.45, 2.75) is 77.7 Å². The number of ether oxygens (including phenoxy) is 2. The van der Waals surface area contributed by atoms with E-state index in [0.29, 0.717) is 12.0 Å². The average Bonchev–Trinajstić information content (AvgIpc) is 2.59. The van der Waals surface area contributed by atoms with Gasteiger partial charge in [-0.05, 0) is 113 Å². The molecule has 0 aromatic heterocycles. The highest BCUT2D eigenvalue weighted by Crippen LogP contribution is 2.61. The molecule has 0 radical (unpaired) electrons. The molecule has 4 saturated carbocycles. The van der Waals surface area contributed by atoms with Crippen molar-refractivity contribution in [3.63, 3.8) is 0 Å². The van der Waals surface area contributed by atoms with Crippen LogP contribution in [0, 0.1) is 23.2 Å². The van der Waals surface area contributed by atoms with Crippen LogP contribution in [0.3, 0.4) is 0 Å². The van der Waals surface area contributed by atoms with Crippen LogP contribution in [0.1, 0.15) is 71.3 Å². The van der Waals surface area contributed by atoms with Gasteiger partial charge in [-0.1, -0.05) is 12.1 Å². The molecule has 0 atom stereocenters. The summed E-state index contributed by atoms with van der Waals surface area (Å²) in [5, 5.41) is 2.82. The van der Waals surface area contributed by atoms with Gasteiger partial charge in [-0.25, -0.2) is 4.79 Å². The molecule has 1 N–H and O–H groups in total. The minimum absolute atomic E-state index is 0.361. The van der Waals surface area contributed by atoms with Gasteiger partial charge in [0.25, 0.3) is 0 Å². The third-order valence-corrected chi connectivity index (χ3v) is 7.05. The lowest BCUT2D eigenvalue weighted by molar-refractivity contribution is -0.0622. The summed E-state index contributed by atoms with van der Waals surface area (Å²) in [6.45, 7) is 7.00. The van der Waals surface area contributed by atoms with Gasteiger partial charge in [-0.2, -0.15) is 0 Å². The number of carbonyl (C=O) groups is 1. The largest absolute Gasteiger partial charge is 0.494 e. The molecule has 4 heteroatoms. The number of hydrogen-bond donors (Lipinski definition) is 1. The number of carbonyl (C=O) groups excluding carboxylic acids is 1. The summed E-state index contributed by atoms with van der Waals surface area (Å²) in [7, 11) is 0. The van der Waals surface area contributed by atoms with Crippen molar-refractivity contribution in [1.29, 1.82) is 0 Å². The maximum atomic E-state index is 11.8. The van der Waals surface area contributed by atoms with E-state index in [4.69, 9.17) is 9.47 Å². The molecule has 1 amide bonds. The predicted molar refractivity (Wildman–Crippen MR) is 115 cm³/mol. The summed E-state index contributed by atoms with van der Waals surface area (Å²) >= 11 is 0. The van der Waals surface area contributed by atoms with Crippen molar-refractivity contribution < 1.29 is 14.3 Å². The van der Waals surface area contributed by atoms with Crippen molar-refractivity contribution in [2.24, 2.45) is 23.2 Å². The zero-order valence-electron chi connectivity index (χ0n) is 18.3. The van der Waals surface area contributed by atoms with Crippen LogP contribution in [0.5, 0.6) is 5.75 Å². The fourth-order valence-corrected chi connectivity index (χ4v) is 6.40. The molecule has 0 saturated heterocycles. The number of alkyl carbamates (subject to hydrolysis) is 1. The first kappa shape index (κ1) is 20.6. The van der Waals surface area contributed by atoms with E-state index in [9.17, 15) is 4.79 Å². The lowest BCUT2D eigenvalue weighted by Gasteiger charge is -2.57. The Labute approximate surface area is 175 Å². The molecule has 1 aromatic rings. The Morgan fingerprint density at radius 3 is 2.38 bits per heavy atom. The molecule has 5 rings (SSSR count). The van der Waals surface area contributed by atoms with Crippen LogP contribution in [-0.4, -0.2) is 24.8 Å². The van der Waals surface area contributed by atoms with Crippen LogP contribution in [0.25, 0.3) is 0 Å². The van der Waals surface area contributed by atoms with E-state index < -0.39 is 5.60 Å². The Bertz CT molecular complexity index is 686. The molecule has 160 valence electrons. The molecule has 4 aliphatic carbocycles. The third kappa shape index (κ3) is 5.46. The van der Waals surface area contributed by atoms with Crippen LogP contribution in [0.2, 0.25) is 0 Å². The second-order valence-electron chi connectivity index (χ2n) is 10.8. The van der Waals surface area contributed by atoms with Gasteiger partial charge in [0.2, 0.25) is 0 Å². The molecule has 0 aliphatic heterocycles. The SMILES string of the molecule is CC(C)(C)OC(=O)NCCc1cccc(OCCC23CC4CC(CC(C4)C2)C3)c1. The Hall–Kier alpha value is -1.71.